The first-order chi connectivity index (χ1) is 9.60. The summed E-state index contributed by atoms with van der Waals surface area (Å²) in [6.07, 6.45) is 3.52. The van der Waals surface area contributed by atoms with Gasteiger partial charge in [-0.15, -0.1) is 11.3 Å². The number of carbonyl (C=O) groups excluding carboxylic acids is 1. The van der Waals surface area contributed by atoms with Crippen molar-refractivity contribution >= 4 is 23.2 Å². The van der Waals surface area contributed by atoms with Crippen LogP contribution in [-0.4, -0.2) is 34.6 Å². The molecule has 1 aliphatic carbocycles. The molecule has 6 nitrogen and oxygen atoms in total. The average Bonchev–Trinajstić information content (AvgIpc) is 2.88. The first kappa shape index (κ1) is 14.9. The Morgan fingerprint density at radius 1 is 1.50 bits per heavy atom. The Morgan fingerprint density at radius 2 is 2.30 bits per heavy atom. The molecule has 0 radical (unpaired) electrons. The van der Waals surface area contributed by atoms with Crippen molar-refractivity contribution in [2.45, 2.75) is 38.1 Å². The van der Waals surface area contributed by atoms with Gasteiger partial charge in [0.2, 0.25) is 0 Å². The minimum Gasteiger partial charge on any atom is -0.481 e. The quantitative estimate of drug-likeness (QED) is 0.752. The minimum absolute atomic E-state index is 0.0722. The largest absolute Gasteiger partial charge is 0.481 e. The minimum atomic E-state index is -0.775. The van der Waals surface area contributed by atoms with Gasteiger partial charge in [-0.2, -0.15) is 0 Å². The molecule has 0 spiro atoms. The number of nitrogens with one attached hydrogen (secondary N) is 1. The lowest BCUT2D eigenvalue weighted by atomic mass is 9.86. The van der Waals surface area contributed by atoms with E-state index >= 15 is 0 Å². The number of hydrogen-bond acceptors (Lipinski definition) is 5. The number of amides is 1. The Labute approximate surface area is 121 Å². The van der Waals surface area contributed by atoms with Crippen LogP contribution >= 0.6 is 11.3 Å². The first-order valence-electron chi connectivity index (χ1n) is 6.78. The number of hydrogen-bond donors (Lipinski definition) is 3. The van der Waals surface area contributed by atoms with Crippen LogP contribution in [0.2, 0.25) is 0 Å². The molecule has 1 aliphatic rings. The summed E-state index contributed by atoms with van der Waals surface area (Å²) in [5.74, 6) is -1.35. The van der Waals surface area contributed by atoms with Gasteiger partial charge in [-0.3, -0.25) is 9.59 Å². The van der Waals surface area contributed by atoms with Gasteiger partial charge >= 0.3 is 5.97 Å². The molecule has 0 aliphatic heterocycles. The van der Waals surface area contributed by atoms with Crippen molar-refractivity contribution in [1.82, 2.24) is 10.3 Å². The van der Waals surface area contributed by atoms with Gasteiger partial charge in [0.25, 0.3) is 5.91 Å². The van der Waals surface area contributed by atoms with E-state index in [2.05, 4.69) is 10.3 Å². The molecule has 1 aromatic rings. The van der Waals surface area contributed by atoms with Gasteiger partial charge in [0.1, 0.15) is 5.69 Å². The Balaban J connectivity index is 1.91. The molecule has 2 unspecified atom stereocenters. The standard InChI is InChI=1S/C13H19N3O3S/c14-5-4-11-16-10(7-20-11)12(17)15-9-3-1-2-8(6-9)13(18)19/h7-9H,1-6,14H2,(H,15,17)(H,18,19). The molecular formula is C13H19N3O3S. The molecule has 2 atom stereocenters. The summed E-state index contributed by atoms with van der Waals surface area (Å²) in [7, 11) is 0. The van der Waals surface area contributed by atoms with Crippen LogP contribution in [0.25, 0.3) is 0 Å². The molecule has 1 aromatic heterocycles. The number of carbonyl (C=O) groups is 2. The molecule has 0 saturated heterocycles. The van der Waals surface area contributed by atoms with Crippen LogP contribution in [0, 0.1) is 5.92 Å². The smallest absolute Gasteiger partial charge is 0.306 e. The number of aromatic nitrogens is 1. The van der Waals surface area contributed by atoms with Gasteiger partial charge in [-0.05, 0) is 25.8 Å². The van der Waals surface area contributed by atoms with Gasteiger partial charge in [-0.1, -0.05) is 6.42 Å². The van der Waals surface area contributed by atoms with Crippen LogP contribution in [0.15, 0.2) is 5.38 Å². The van der Waals surface area contributed by atoms with Gasteiger partial charge in [0.05, 0.1) is 10.9 Å². The van der Waals surface area contributed by atoms with Crippen LogP contribution in [0.3, 0.4) is 0 Å². The third kappa shape index (κ3) is 3.77. The fraction of sp³-hybridized carbons (Fsp3) is 0.615. The summed E-state index contributed by atoms with van der Waals surface area (Å²) in [5, 5.41) is 14.5. The SMILES string of the molecule is NCCc1nc(C(=O)NC2CCCC(C(=O)O)C2)cs1. The van der Waals surface area contributed by atoms with E-state index < -0.39 is 5.97 Å². The zero-order chi connectivity index (χ0) is 14.5. The second-order valence-corrected chi connectivity index (χ2v) is 5.98. The topological polar surface area (TPSA) is 105 Å². The molecule has 1 fully saturated rings. The van der Waals surface area contributed by atoms with Gasteiger partial charge < -0.3 is 16.2 Å². The Morgan fingerprint density at radius 3 is 3.00 bits per heavy atom. The lowest BCUT2D eigenvalue weighted by molar-refractivity contribution is -0.143. The van der Waals surface area contributed by atoms with Crippen molar-refractivity contribution in [3.63, 3.8) is 0 Å². The monoisotopic (exact) mass is 297 g/mol. The molecule has 2 rings (SSSR count). The number of aliphatic carboxylic acids is 1. The second-order valence-electron chi connectivity index (χ2n) is 5.04. The molecule has 0 aromatic carbocycles. The summed E-state index contributed by atoms with van der Waals surface area (Å²) < 4.78 is 0. The normalized spacial score (nSPS) is 22.4. The number of carboxylic acids is 1. The predicted molar refractivity (Wildman–Crippen MR) is 75.7 cm³/mol. The van der Waals surface area contributed by atoms with Crippen LogP contribution < -0.4 is 11.1 Å². The average molecular weight is 297 g/mol. The van der Waals surface area contributed by atoms with Crippen LogP contribution in [0.1, 0.15) is 41.2 Å². The highest BCUT2D eigenvalue weighted by molar-refractivity contribution is 7.09. The number of nitrogens with zero attached hydrogens (tertiary/aromatic N) is 1. The van der Waals surface area contributed by atoms with E-state index in [1.165, 1.54) is 11.3 Å². The molecule has 20 heavy (non-hydrogen) atoms. The maximum Gasteiger partial charge on any atom is 0.306 e. The third-order valence-corrected chi connectivity index (χ3v) is 4.41. The van der Waals surface area contributed by atoms with Crippen molar-refractivity contribution in [3.05, 3.63) is 16.1 Å². The lowest BCUT2D eigenvalue weighted by Gasteiger charge is -2.27. The van der Waals surface area contributed by atoms with E-state index in [1.54, 1.807) is 5.38 Å². The van der Waals surface area contributed by atoms with Crippen LogP contribution in [0.5, 0.6) is 0 Å². The molecule has 4 N–H and O–H groups in total. The van der Waals surface area contributed by atoms with E-state index in [1.807, 2.05) is 0 Å². The summed E-state index contributed by atoms with van der Waals surface area (Å²) in [4.78, 5) is 27.3. The number of thiazole rings is 1. The predicted octanol–water partition coefficient (Wildman–Crippen LogP) is 1.02. The maximum atomic E-state index is 12.1. The van der Waals surface area contributed by atoms with Gasteiger partial charge in [0, 0.05) is 17.8 Å². The summed E-state index contributed by atoms with van der Waals surface area (Å²) in [6, 6.07) is -0.0722. The molecule has 1 heterocycles. The molecule has 1 amide bonds. The van der Waals surface area contributed by atoms with E-state index in [4.69, 9.17) is 10.8 Å². The summed E-state index contributed by atoms with van der Waals surface area (Å²) in [5.41, 5.74) is 5.85. The number of nitrogens with two attached hydrogens (primary N) is 1. The highest BCUT2D eigenvalue weighted by Gasteiger charge is 2.28. The van der Waals surface area contributed by atoms with Crippen molar-refractivity contribution in [2.75, 3.05) is 6.54 Å². The molecule has 7 heteroatoms. The summed E-state index contributed by atoms with van der Waals surface area (Å²) >= 11 is 1.42. The molecule has 110 valence electrons. The summed E-state index contributed by atoms with van der Waals surface area (Å²) in [6.45, 7) is 0.511. The van der Waals surface area contributed by atoms with E-state index in [-0.39, 0.29) is 17.9 Å². The van der Waals surface area contributed by atoms with Crippen molar-refractivity contribution in [2.24, 2.45) is 11.7 Å². The number of rotatable bonds is 5. The first-order valence-corrected chi connectivity index (χ1v) is 7.66. The molecule has 1 saturated carbocycles. The highest BCUT2D eigenvalue weighted by atomic mass is 32.1. The number of carboxylic acid groups (broad SMARTS) is 1. The molecule has 0 bridgehead atoms. The second kappa shape index (κ2) is 6.81. The molecular weight excluding hydrogens is 278 g/mol. The van der Waals surface area contributed by atoms with Crippen molar-refractivity contribution in [1.29, 1.82) is 0 Å². The third-order valence-electron chi connectivity index (χ3n) is 3.50. The van der Waals surface area contributed by atoms with E-state index in [9.17, 15) is 9.59 Å². The Kier molecular flexibility index (Phi) is 5.08. The van der Waals surface area contributed by atoms with Crippen LogP contribution in [-0.2, 0) is 11.2 Å². The fourth-order valence-corrected chi connectivity index (χ4v) is 3.25. The van der Waals surface area contributed by atoms with E-state index in [0.717, 1.165) is 17.8 Å². The van der Waals surface area contributed by atoms with Crippen molar-refractivity contribution < 1.29 is 14.7 Å². The van der Waals surface area contributed by atoms with E-state index in [0.29, 0.717) is 31.5 Å². The van der Waals surface area contributed by atoms with Crippen molar-refractivity contribution in [3.8, 4) is 0 Å². The van der Waals surface area contributed by atoms with Crippen LogP contribution in [0.4, 0.5) is 0 Å². The lowest BCUT2D eigenvalue weighted by Crippen LogP contribution is -2.40. The highest BCUT2D eigenvalue weighted by Crippen LogP contribution is 2.24. The van der Waals surface area contributed by atoms with Gasteiger partial charge in [0.15, 0.2) is 0 Å². The Hall–Kier alpha value is -1.47. The zero-order valence-electron chi connectivity index (χ0n) is 11.2. The van der Waals surface area contributed by atoms with Gasteiger partial charge in [-0.25, -0.2) is 4.98 Å². The maximum absolute atomic E-state index is 12.1. The zero-order valence-corrected chi connectivity index (χ0v) is 12.0. The Bertz CT molecular complexity index is 489. The fourth-order valence-electron chi connectivity index (χ4n) is 2.46.